The molecule has 0 bridgehead atoms. The largest absolute Gasteiger partial charge is 0.307 e. The minimum Gasteiger partial charge on any atom is -0.295 e. The van der Waals surface area contributed by atoms with Gasteiger partial charge in [0.25, 0.3) is 0 Å². The third-order valence-electron chi connectivity index (χ3n) is 3.49. The van der Waals surface area contributed by atoms with Crippen LogP contribution in [-0.4, -0.2) is 10.4 Å². The lowest BCUT2D eigenvalue weighted by molar-refractivity contribution is 0.0970. The Morgan fingerprint density at radius 3 is 2.35 bits per heavy atom. The zero-order valence-electron chi connectivity index (χ0n) is 12.1. The van der Waals surface area contributed by atoms with Crippen LogP contribution in [0.1, 0.15) is 39.8 Å². The Bertz CT molecular complexity index is 665. The Balaban J connectivity index is 2.17. The van der Waals surface area contributed by atoms with E-state index in [4.69, 9.17) is 0 Å². The number of ketones is 1. The van der Waals surface area contributed by atoms with Gasteiger partial charge in [-0.1, -0.05) is 48.9 Å². The molecule has 2 aromatic rings. The van der Waals surface area contributed by atoms with Crippen LogP contribution < -0.4 is 4.87 Å². The van der Waals surface area contributed by atoms with Gasteiger partial charge in [0.2, 0.25) is 0 Å². The van der Waals surface area contributed by atoms with Gasteiger partial charge in [-0.3, -0.25) is 14.2 Å². The standard InChI is InChI=1S/C16H19NO2S/c1-4-5-13-6-8-14(9-7-13)15(18)10-17-11(2)12(3)20-16(17)19/h6-9H,4-5,10H2,1-3H3. The summed E-state index contributed by atoms with van der Waals surface area (Å²) in [5, 5.41) is 0. The number of carbonyl (C=O) groups excluding carboxylic acids is 1. The molecule has 0 radical (unpaired) electrons. The molecule has 0 spiro atoms. The van der Waals surface area contributed by atoms with E-state index in [1.165, 1.54) is 16.9 Å². The summed E-state index contributed by atoms with van der Waals surface area (Å²) < 4.78 is 1.56. The van der Waals surface area contributed by atoms with E-state index in [2.05, 4.69) is 6.92 Å². The molecule has 3 nitrogen and oxygen atoms in total. The van der Waals surface area contributed by atoms with E-state index < -0.39 is 0 Å². The topological polar surface area (TPSA) is 39.1 Å². The Hall–Kier alpha value is -1.68. The quantitative estimate of drug-likeness (QED) is 0.792. The molecule has 106 valence electrons. The first kappa shape index (κ1) is 14.7. The lowest BCUT2D eigenvalue weighted by atomic mass is 10.1. The zero-order chi connectivity index (χ0) is 14.7. The maximum atomic E-state index is 12.2. The number of hydrogen-bond acceptors (Lipinski definition) is 3. The molecule has 20 heavy (non-hydrogen) atoms. The second kappa shape index (κ2) is 6.18. The molecule has 0 aliphatic heterocycles. The van der Waals surface area contributed by atoms with E-state index in [1.807, 2.05) is 38.1 Å². The smallest absolute Gasteiger partial charge is 0.295 e. The molecular weight excluding hydrogens is 270 g/mol. The highest BCUT2D eigenvalue weighted by molar-refractivity contribution is 7.09. The fourth-order valence-corrected chi connectivity index (χ4v) is 2.98. The van der Waals surface area contributed by atoms with Crippen molar-refractivity contribution in [1.82, 2.24) is 4.57 Å². The van der Waals surface area contributed by atoms with Gasteiger partial charge in [0.05, 0.1) is 6.54 Å². The molecule has 0 aliphatic carbocycles. The summed E-state index contributed by atoms with van der Waals surface area (Å²) in [6.07, 6.45) is 2.12. The second-order valence-corrected chi connectivity index (χ2v) is 6.13. The summed E-state index contributed by atoms with van der Waals surface area (Å²) in [6, 6.07) is 7.69. The van der Waals surface area contributed by atoms with E-state index in [9.17, 15) is 9.59 Å². The van der Waals surface area contributed by atoms with Gasteiger partial charge in [-0.05, 0) is 25.8 Å². The first-order chi connectivity index (χ1) is 9.52. The monoisotopic (exact) mass is 289 g/mol. The van der Waals surface area contributed by atoms with Crippen LogP contribution in [0.25, 0.3) is 0 Å². The van der Waals surface area contributed by atoms with E-state index in [0.717, 1.165) is 23.4 Å². The number of rotatable bonds is 5. The highest BCUT2D eigenvalue weighted by atomic mass is 32.1. The Kier molecular flexibility index (Phi) is 4.55. The van der Waals surface area contributed by atoms with Gasteiger partial charge in [-0.15, -0.1) is 0 Å². The van der Waals surface area contributed by atoms with Gasteiger partial charge < -0.3 is 0 Å². The van der Waals surface area contributed by atoms with Crippen molar-refractivity contribution in [3.05, 3.63) is 55.6 Å². The Morgan fingerprint density at radius 1 is 1.20 bits per heavy atom. The number of carbonyl (C=O) groups is 1. The molecule has 4 heteroatoms. The van der Waals surface area contributed by atoms with E-state index in [0.29, 0.717) is 5.56 Å². The van der Waals surface area contributed by atoms with Gasteiger partial charge >= 0.3 is 4.87 Å². The van der Waals surface area contributed by atoms with Crippen LogP contribution >= 0.6 is 11.3 Å². The minimum atomic E-state index is -0.0593. The van der Waals surface area contributed by atoms with Crippen molar-refractivity contribution in [2.75, 3.05) is 0 Å². The van der Waals surface area contributed by atoms with Crippen molar-refractivity contribution in [3.63, 3.8) is 0 Å². The molecule has 1 heterocycles. The van der Waals surface area contributed by atoms with Gasteiger partial charge in [-0.25, -0.2) is 0 Å². The van der Waals surface area contributed by atoms with Crippen LogP contribution in [0, 0.1) is 13.8 Å². The summed E-state index contributed by atoms with van der Waals surface area (Å²) in [7, 11) is 0. The summed E-state index contributed by atoms with van der Waals surface area (Å²) in [5.41, 5.74) is 2.79. The Labute approximate surface area is 122 Å². The third-order valence-corrected chi connectivity index (χ3v) is 4.49. The first-order valence-electron chi connectivity index (χ1n) is 6.82. The van der Waals surface area contributed by atoms with Crippen LogP contribution in [0.3, 0.4) is 0 Å². The highest BCUT2D eigenvalue weighted by Gasteiger charge is 2.12. The molecule has 1 aromatic heterocycles. The average Bonchev–Trinajstić information content (AvgIpc) is 2.66. The number of aromatic nitrogens is 1. The molecule has 0 saturated carbocycles. The van der Waals surface area contributed by atoms with E-state index in [-0.39, 0.29) is 17.2 Å². The fourth-order valence-electron chi connectivity index (χ4n) is 2.15. The van der Waals surface area contributed by atoms with Crippen molar-refractivity contribution in [3.8, 4) is 0 Å². The molecule has 0 aliphatic rings. The maximum Gasteiger partial charge on any atom is 0.307 e. The second-order valence-electron chi connectivity index (χ2n) is 4.97. The summed E-state index contributed by atoms with van der Waals surface area (Å²) in [6.45, 7) is 6.04. The number of Topliss-reactive ketones (excluding diaryl/α,β-unsaturated/α-hetero) is 1. The van der Waals surface area contributed by atoms with Crippen molar-refractivity contribution >= 4 is 17.1 Å². The lowest BCUT2D eigenvalue weighted by Gasteiger charge is -2.05. The van der Waals surface area contributed by atoms with E-state index in [1.54, 1.807) is 4.57 Å². The van der Waals surface area contributed by atoms with Crippen molar-refractivity contribution in [2.24, 2.45) is 0 Å². The predicted octanol–water partition coefficient (Wildman–Crippen LogP) is 3.36. The predicted molar refractivity (Wildman–Crippen MR) is 82.8 cm³/mol. The van der Waals surface area contributed by atoms with Gasteiger partial charge in [-0.2, -0.15) is 0 Å². The number of benzene rings is 1. The normalized spacial score (nSPS) is 10.8. The van der Waals surface area contributed by atoms with Crippen molar-refractivity contribution in [2.45, 2.75) is 40.2 Å². The molecule has 0 amide bonds. The summed E-state index contributed by atoms with van der Waals surface area (Å²) in [4.78, 5) is 25.0. The van der Waals surface area contributed by atoms with Crippen molar-refractivity contribution in [1.29, 1.82) is 0 Å². The first-order valence-corrected chi connectivity index (χ1v) is 7.63. The average molecular weight is 289 g/mol. The minimum absolute atomic E-state index is 0.0175. The zero-order valence-corrected chi connectivity index (χ0v) is 12.9. The highest BCUT2D eigenvalue weighted by Crippen LogP contribution is 2.12. The van der Waals surface area contributed by atoms with Crippen LogP contribution in [0.4, 0.5) is 0 Å². The van der Waals surface area contributed by atoms with Crippen LogP contribution in [0.15, 0.2) is 29.1 Å². The maximum absolute atomic E-state index is 12.2. The molecule has 0 atom stereocenters. The van der Waals surface area contributed by atoms with Crippen LogP contribution in [0.2, 0.25) is 0 Å². The number of aryl methyl sites for hydroxylation is 2. The molecule has 0 unspecified atom stereocenters. The molecule has 0 fully saturated rings. The van der Waals surface area contributed by atoms with Gasteiger partial charge in [0.1, 0.15) is 0 Å². The number of thiazole rings is 1. The summed E-state index contributed by atoms with van der Waals surface area (Å²) >= 11 is 1.20. The Morgan fingerprint density at radius 2 is 1.85 bits per heavy atom. The fraction of sp³-hybridized carbons (Fsp3) is 0.375. The summed E-state index contributed by atoms with van der Waals surface area (Å²) in [5.74, 6) is -0.0175. The van der Waals surface area contributed by atoms with Crippen LogP contribution in [-0.2, 0) is 13.0 Å². The third kappa shape index (κ3) is 3.07. The molecule has 2 rings (SSSR count). The molecule has 0 saturated heterocycles. The van der Waals surface area contributed by atoms with Gasteiger partial charge in [0, 0.05) is 16.1 Å². The van der Waals surface area contributed by atoms with E-state index >= 15 is 0 Å². The molecule has 1 aromatic carbocycles. The number of hydrogen-bond donors (Lipinski definition) is 0. The number of nitrogens with zero attached hydrogens (tertiary/aromatic N) is 1. The van der Waals surface area contributed by atoms with Crippen molar-refractivity contribution < 1.29 is 4.79 Å². The molecular formula is C16H19NO2S. The molecule has 0 N–H and O–H groups in total. The van der Waals surface area contributed by atoms with Gasteiger partial charge in [0.15, 0.2) is 5.78 Å². The lowest BCUT2D eigenvalue weighted by Crippen LogP contribution is -2.20. The van der Waals surface area contributed by atoms with Crippen LogP contribution in [0.5, 0.6) is 0 Å². The SMILES string of the molecule is CCCc1ccc(C(=O)Cn2c(C)c(C)sc2=O)cc1.